The number of nitrogens with one attached hydrogen (secondary N) is 1. The van der Waals surface area contributed by atoms with Crippen molar-refractivity contribution in [3.8, 4) is 12.0 Å². The average molecular weight is 854 g/mol. The number of methoxy groups -OCH3 is 2. The van der Waals surface area contributed by atoms with Crippen LogP contribution in [0, 0.1) is 27.7 Å². The van der Waals surface area contributed by atoms with Gasteiger partial charge in [-0.05, 0) is 120 Å². The monoisotopic (exact) mass is 853 g/mol. The lowest BCUT2D eigenvalue weighted by molar-refractivity contribution is -0.115. The van der Waals surface area contributed by atoms with E-state index in [1.165, 1.54) is 26.4 Å². The summed E-state index contributed by atoms with van der Waals surface area (Å²) < 4.78 is 34.3. The number of hydrogen-bond acceptors (Lipinski definition) is 13. The third-order valence-electron chi connectivity index (χ3n) is 11.2. The highest BCUT2D eigenvalue weighted by atomic mass is 35.5. The molecule has 1 N–H and O–H groups in total. The van der Waals surface area contributed by atoms with Crippen LogP contribution in [0.25, 0.3) is 0 Å². The summed E-state index contributed by atoms with van der Waals surface area (Å²) in [6, 6.07) is 13.9. The summed E-state index contributed by atoms with van der Waals surface area (Å²) in [7, 11) is -0.276. The molecular formula is C44H48ClN7O7S. The maximum atomic E-state index is 13.7. The largest absolute Gasteiger partial charge is 0.467 e. The van der Waals surface area contributed by atoms with Crippen LogP contribution in [0.3, 0.4) is 0 Å². The summed E-state index contributed by atoms with van der Waals surface area (Å²) in [6.07, 6.45) is 2.43. The number of anilines is 1. The first-order valence-corrected chi connectivity index (χ1v) is 21.5. The molecule has 314 valence electrons. The molecule has 0 saturated heterocycles. The quantitative estimate of drug-likeness (QED) is 0.152. The molecule has 60 heavy (non-hydrogen) atoms. The highest BCUT2D eigenvalue weighted by molar-refractivity contribution is 7.91. The van der Waals surface area contributed by atoms with Gasteiger partial charge in [0.2, 0.25) is 5.91 Å². The Balaban J connectivity index is 0.000000224. The molecule has 2 unspecified atom stereocenters. The first-order valence-electron chi connectivity index (χ1n) is 19.5. The number of halogens is 1. The fourth-order valence-electron chi connectivity index (χ4n) is 7.67. The Morgan fingerprint density at radius 3 is 1.70 bits per heavy atom. The van der Waals surface area contributed by atoms with Crippen molar-refractivity contribution in [3.63, 3.8) is 0 Å². The smallest absolute Gasteiger partial charge is 0.316 e. The van der Waals surface area contributed by atoms with Gasteiger partial charge < -0.3 is 14.8 Å². The van der Waals surface area contributed by atoms with E-state index >= 15 is 0 Å². The van der Waals surface area contributed by atoms with Gasteiger partial charge in [-0.15, -0.1) is 0 Å². The van der Waals surface area contributed by atoms with E-state index in [1.807, 2.05) is 53.7 Å². The van der Waals surface area contributed by atoms with Crippen LogP contribution >= 0.6 is 11.6 Å². The lowest BCUT2D eigenvalue weighted by Gasteiger charge is -2.33. The molecule has 4 aromatic heterocycles. The molecule has 0 radical (unpaired) electrons. The summed E-state index contributed by atoms with van der Waals surface area (Å²) in [5, 5.41) is 3.24. The Morgan fingerprint density at radius 2 is 1.22 bits per heavy atom. The van der Waals surface area contributed by atoms with E-state index in [9.17, 15) is 22.8 Å². The summed E-state index contributed by atoms with van der Waals surface area (Å²) in [5.41, 5.74) is 6.13. The van der Waals surface area contributed by atoms with Crippen LogP contribution in [0.15, 0.2) is 53.4 Å². The number of aromatic nitrogens is 6. The highest BCUT2D eigenvalue weighted by Gasteiger charge is 2.44. The molecule has 2 atom stereocenters. The predicted octanol–water partition coefficient (Wildman–Crippen LogP) is 6.80. The maximum absolute atomic E-state index is 13.7. The topological polar surface area (TPSA) is 193 Å². The molecule has 14 nitrogen and oxygen atoms in total. The van der Waals surface area contributed by atoms with Crippen LogP contribution in [0.2, 0.25) is 5.15 Å². The highest BCUT2D eigenvalue weighted by Crippen LogP contribution is 2.41. The molecule has 0 fully saturated rings. The summed E-state index contributed by atoms with van der Waals surface area (Å²) in [6.45, 7) is 12.8. The normalized spacial score (nSPS) is 18.4. The first kappa shape index (κ1) is 43.9. The van der Waals surface area contributed by atoms with Gasteiger partial charge in [-0.2, -0.15) is 9.97 Å². The van der Waals surface area contributed by atoms with E-state index in [4.69, 9.17) is 21.1 Å². The van der Waals surface area contributed by atoms with Gasteiger partial charge in [-0.25, -0.2) is 28.4 Å². The number of Topliss-reactive ketones (excluding diaryl/α,β-unsaturated/α-hetero) is 2. The number of amides is 1. The zero-order valence-electron chi connectivity index (χ0n) is 35.2. The van der Waals surface area contributed by atoms with Gasteiger partial charge >= 0.3 is 12.0 Å². The van der Waals surface area contributed by atoms with Crippen LogP contribution in [0.4, 0.5) is 5.82 Å². The maximum Gasteiger partial charge on any atom is 0.316 e. The number of sulfone groups is 1. The third kappa shape index (κ3) is 8.78. The van der Waals surface area contributed by atoms with Gasteiger partial charge in [0.25, 0.3) is 0 Å². The second-order valence-corrected chi connectivity index (χ2v) is 18.3. The lowest BCUT2D eigenvalue weighted by atomic mass is 9.70. The third-order valence-corrected chi connectivity index (χ3v) is 13.1. The standard InChI is InChI=1S/C27H30N4O5S.C17H18ClN3O2/c1-6-37(34,35)19-9-7-18(8-10-19)15-23(32)31-22-13-16(2)24-20(29-22)11-12-27(4,25(24)33)21-14-17(3)28-26(30-21)36-5;1-9-7-13(18)20-11-5-6-17(3,15(22)14(9)11)12-8-10(2)19-16(21-12)23-4/h7-10,13-14H,6,11-12,15H2,1-5H3,(H,29,31,32);7-8H,5-6H2,1-4H3. The molecule has 5 aromatic rings. The molecule has 16 heteroatoms. The number of carbonyl (C=O) groups excluding carboxylic acids is 3. The number of aryl methyl sites for hydroxylation is 6. The molecule has 0 saturated carbocycles. The van der Waals surface area contributed by atoms with Crippen molar-refractivity contribution in [1.29, 1.82) is 0 Å². The Kier molecular flexibility index (Phi) is 12.5. The zero-order valence-corrected chi connectivity index (χ0v) is 36.8. The van der Waals surface area contributed by atoms with Crippen molar-refractivity contribution in [2.45, 2.75) is 96.3 Å². The molecule has 0 aliphatic heterocycles. The zero-order chi connectivity index (χ0) is 43.7. The van der Waals surface area contributed by atoms with Gasteiger partial charge in [0.15, 0.2) is 21.4 Å². The molecule has 2 aliphatic carbocycles. The fraction of sp³-hybridized carbons (Fsp3) is 0.386. The average Bonchev–Trinajstić information content (AvgIpc) is 3.20. The Hall–Kier alpha value is -5.67. The molecule has 1 amide bonds. The van der Waals surface area contributed by atoms with Crippen molar-refractivity contribution < 1.29 is 32.3 Å². The fourth-order valence-corrected chi connectivity index (χ4v) is 8.82. The number of nitrogens with zero attached hydrogens (tertiary/aromatic N) is 6. The second-order valence-electron chi connectivity index (χ2n) is 15.6. The van der Waals surface area contributed by atoms with E-state index < -0.39 is 20.7 Å². The molecule has 0 bridgehead atoms. The van der Waals surface area contributed by atoms with Crippen LogP contribution in [-0.2, 0) is 44.7 Å². The summed E-state index contributed by atoms with van der Waals surface area (Å²) in [5.74, 6) is 0.0698. The SMILES string of the molecule is CCS(=O)(=O)c1ccc(CC(=O)Nc2cc(C)c3c(n2)CCC(C)(c2cc(C)nc(OC)n2)C3=O)cc1.COc1nc(C)cc(C2(C)CCc3nc(Cl)cc(C)c3C2=O)n1. The van der Waals surface area contributed by atoms with Gasteiger partial charge in [-0.1, -0.05) is 30.7 Å². The number of carbonyl (C=O) groups is 3. The van der Waals surface area contributed by atoms with Crippen LogP contribution in [-0.4, -0.2) is 75.8 Å². The number of hydrogen-bond donors (Lipinski definition) is 1. The lowest BCUT2D eigenvalue weighted by Crippen LogP contribution is -2.39. The number of ketones is 2. The minimum atomic E-state index is -3.29. The number of rotatable bonds is 9. The first-order chi connectivity index (χ1) is 28.3. The van der Waals surface area contributed by atoms with Gasteiger partial charge in [0.05, 0.1) is 64.9 Å². The van der Waals surface area contributed by atoms with Crippen LogP contribution in [0.1, 0.15) is 105 Å². The van der Waals surface area contributed by atoms with Crippen molar-refractivity contribution in [2.75, 3.05) is 25.3 Å². The number of fused-ring (bicyclic) bond motifs is 2. The van der Waals surface area contributed by atoms with E-state index in [0.717, 1.165) is 28.2 Å². The van der Waals surface area contributed by atoms with Crippen molar-refractivity contribution >= 4 is 44.7 Å². The van der Waals surface area contributed by atoms with E-state index in [0.29, 0.717) is 70.4 Å². The Bertz CT molecular complexity index is 2640. The van der Waals surface area contributed by atoms with E-state index in [-0.39, 0.29) is 46.6 Å². The van der Waals surface area contributed by atoms with Crippen molar-refractivity contribution in [3.05, 3.63) is 116 Å². The van der Waals surface area contributed by atoms with Crippen molar-refractivity contribution in [1.82, 2.24) is 29.9 Å². The predicted molar refractivity (Wildman–Crippen MR) is 226 cm³/mol. The van der Waals surface area contributed by atoms with E-state index in [2.05, 4.69) is 35.2 Å². The van der Waals surface area contributed by atoms with Gasteiger partial charge in [-0.3, -0.25) is 14.4 Å². The minimum Gasteiger partial charge on any atom is -0.467 e. The molecule has 2 aliphatic rings. The summed E-state index contributed by atoms with van der Waals surface area (Å²) in [4.78, 5) is 66.0. The minimum absolute atomic E-state index is 0.0186. The molecule has 7 rings (SSSR count). The number of ether oxygens (including phenoxy) is 2. The molecule has 0 spiro atoms. The second kappa shape index (κ2) is 17.1. The summed E-state index contributed by atoms with van der Waals surface area (Å²) >= 11 is 6.02. The Labute approximate surface area is 354 Å². The number of benzene rings is 1. The van der Waals surface area contributed by atoms with Gasteiger partial charge in [0.1, 0.15) is 11.0 Å². The van der Waals surface area contributed by atoms with Gasteiger partial charge in [0, 0.05) is 22.5 Å². The van der Waals surface area contributed by atoms with Crippen LogP contribution < -0.4 is 14.8 Å². The molecule has 1 aromatic carbocycles. The number of pyridine rings is 2. The molecule has 4 heterocycles. The van der Waals surface area contributed by atoms with Crippen molar-refractivity contribution in [2.24, 2.45) is 0 Å². The van der Waals surface area contributed by atoms with Crippen LogP contribution in [0.5, 0.6) is 12.0 Å². The molecular weight excluding hydrogens is 806 g/mol. The van der Waals surface area contributed by atoms with E-state index in [1.54, 1.807) is 31.2 Å². The Morgan fingerprint density at radius 1 is 0.733 bits per heavy atom.